The van der Waals surface area contributed by atoms with Crippen LogP contribution in [-0.4, -0.2) is 9.78 Å². The Morgan fingerprint density at radius 1 is 1.47 bits per heavy atom. The van der Waals surface area contributed by atoms with Gasteiger partial charge in [0.25, 0.3) is 0 Å². The molecule has 2 rings (SSSR count). The van der Waals surface area contributed by atoms with Crippen LogP contribution in [0.4, 0.5) is 0 Å². The van der Waals surface area contributed by atoms with Crippen LogP contribution >= 0.6 is 38.5 Å². The van der Waals surface area contributed by atoms with Gasteiger partial charge in [-0.3, -0.25) is 4.68 Å². The van der Waals surface area contributed by atoms with E-state index in [-0.39, 0.29) is 0 Å². The lowest BCUT2D eigenvalue weighted by Gasteiger charge is -2.02. The second kappa shape index (κ2) is 4.65. The predicted molar refractivity (Wildman–Crippen MR) is 72.9 cm³/mol. The molecule has 4 heteroatoms. The zero-order valence-electron chi connectivity index (χ0n) is 8.24. The summed E-state index contributed by atoms with van der Waals surface area (Å²) >= 11 is 5.67. The molecule has 0 atom stereocenters. The topological polar surface area (TPSA) is 17.8 Å². The van der Waals surface area contributed by atoms with Crippen molar-refractivity contribution in [2.75, 3.05) is 0 Å². The van der Waals surface area contributed by atoms with E-state index in [0.29, 0.717) is 0 Å². The monoisotopic (exact) mass is 376 g/mol. The lowest BCUT2D eigenvalue weighted by molar-refractivity contribution is 0.681. The highest BCUT2D eigenvalue weighted by molar-refractivity contribution is 14.1. The quantitative estimate of drug-likeness (QED) is 0.732. The molecule has 0 N–H and O–H groups in total. The molecule has 0 saturated carbocycles. The maximum Gasteiger partial charge on any atom is 0.137 e. The van der Waals surface area contributed by atoms with E-state index >= 15 is 0 Å². The highest BCUT2D eigenvalue weighted by Crippen LogP contribution is 2.17. The first kappa shape index (κ1) is 11.1. The van der Waals surface area contributed by atoms with Gasteiger partial charge in [-0.1, -0.05) is 29.8 Å². The highest BCUT2D eigenvalue weighted by Gasteiger charge is 2.03. The Morgan fingerprint density at radius 3 is 2.87 bits per heavy atom. The van der Waals surface area contributed by atoms with Crippen molar-refractivity contribution >= 4 is 38.5 Å². The third-order valence-electron chi connectivity index (χ3n) is 2.10. The zero-order chi connectivity index (χ0) is 10.8. The fourth-order valence-electron chi connectivity index (χ4n) is 1.45. The smallest absolute Gasteiger partial charge is 0.137 e. The molecule has 15 heavy (non-hydrogen) atoms. The summed E-state index contributed by atoms with van der Waals surface area (Å²) in [6, 6.07) is 8.48. The maximum atomic E-state index is 4.39. The molecular weight excluding hydrogens is 367 g/mol. The van der Waals surface area contributed by atoms with Gasteiger partial charge < -0.3 is 0 Å². The summed E-state index contributed by atoms with van der Waals surface area (Å²) in [5.41, 5.74) is 2.56. The van der Waals surface area contributed by atoms with E-state index < -0.39 is 0 Å². The normalized spacial score (nSPS) is 10.6. The van der Waals surface area contributed by atoms with Crippen molar-refractivity contribution in [3.63, 3.8) is 0 Å². The van der Waals surface area contributed by atoms with Gasteiger partial charge in [0, 0.05) is 6.20 Å². The van der Waals surface area contributed by atoms with Crippen molar-refractivity contribution in [2.24, 2.45) is 0 Å². The Hall–Kier alpha value is -0.360. The van der Waals surface area contributed by atoms with Crippen LogP contribution in [0.3, 0.4) is 0 Å². The summed E-state index contributed by atoms with van der Waals surface area (Å²) in [6.45, 7) is 2.93. The molecule has 0 amide bonds. The Labute approximate surface area is 111 Å². The summed E-state index contributed by atoms with van der Waals surface area (Å²) in [6.07, 6.45) is 2.00. The number of nitrogens with zero attached hydrogens (tertiary/aromatic N) is 2. The van der Waals surface area contributed by atoms with E-state index in [4.69, 9.17) is 0 Å². The van der Waals surface area contributed by atoms with Crippen LogP contribution in [0.25, 0.3) is 0 Å². The Balaban J connectivity index is 2.22. The van der Waals surface area contributed by atoms with Gasteiger partial charge in [0.05, 0.1) is 11.0 Å². The molecule has 0 saturated heterocycles. The predicted octanol–water partition coefficient (Wildman–Crippen LogP) is 3.61. The summed E-state index contributed by atoms with van der Waals surface area (Å²) in [7, 11) is 0. The molecule has 0 fully saturated rings. The van der Waals surface area contributed by atoms with Gasteiger partial charge in [0.1, 0.15) is 3.70 Å². The fourth-order valence-corrected chi connectivity index (χ4v) is 2.18. The van der Waals surface area contributed by atoms with E-state index in [1.165, 1.54) is 11.1 Å². The highest BCUT2D eigenvalue weighted by atomic mass is 127. The summed E-state index contributed by atoms with van der Waals surface area (Å²) in [4.78, 5) is 0. The van der Waals surface area contributed by atoms with Crippen molar-refractivity contribution < 1.29 is 0 Å². The average molecular weight is 377 g/mol. The average Bonchev–Trinajstić information content (AvgIpc) is 2.45. The van der Waals surface area contributed by atoms with Crippen LogP contribution in [0, 0.1) is 10.6 Å². The van der Waals surface area contributed by atoms with Crippen molar-refractivity contribution in [3.05, 3.63) is 49.8 Å². The van der Waals surface area contributed by atoms with E-state index in [1.807, 2.05) is 10.9 Å². The van der Waals surface area contributed by atoms with Gasteiger partial charge >= 0.3 is 0 Å². The van der Waals surface area contributed by atoms with Crippen molar-refractivity contribution in [3.8, 4) is 0 Å². The van der Waals surface area contributed by atoms with Crippen molar-refractivity contribution in [1.29, 1.82) is 0 Å². The molecule has 1 aromatic carbocycles. The molecule has 2 nitrogen and oxygen atoms in total. The number of aromatic nitrogens is 2. The molecular formula is C11H10BrIN2. The van der Waals surface area contributed by atoms with Gasteiger partial charge in [-0.2, -0.15) is 5.10 Å². The molecule has 0 aliphatic carbocycles. The third kappa shape index (κ3) is 2.81. The van der Waals surface area contributed by atoms with Gasteiger partial charge in [-0.25, -0.2) is 0 Å². The fraction of sp³-hybridized carbons (Fsp3) is 0.182. The number of hydrogen-bond acceptors (Lipinski definition) is 1. The first-order valence-electron chi connectivity index (χ1n) is 4.59. The number of aryl methyl sites for hydroxylation is 1. The maximum absolute atomic E-state index is 4.39. The third-order valence-corrected chi connectivity index (χ3v) is 4.22. The number of rotatable bonds is 2. The van der Waals surface area contributed by atoms with E-state index in [1.54, 1.807) is 0 Å². The minimum absolute atomic E-state index is 0.823. The molecule has 0 aliphatic heterocycles. The van der Waals surface area contributed by atoms with Gasteiger partial charge in [-0.05, 0) is 51.0 Å². The minimum atomic E-state index is 0.823. The first-order valence-corrected chi connectivity index (χ1v) is 6.46. The Kier molecular flexibility index (Phi) is 3.45. The standard InChI is InChI=1S/C11H10BrIN2/c1-8-3-2-4-9(5-8)6-15-7-10(12)11(13)14-15/h2-5,7H,6H2,1H3. The van der Waals surface area contributed by atoms with Gasteiger partial charge in [-0.15, -0.1) is 0 Å². The second-order valence-corrected chi connectivity index (χ2v) is 5.33. The van der Waals surface area contributed by atoms with E-state index in [9.17, 15) is 0 Å². The molecule has 0 bridgehead atoms. The Bertz CT molecular complexity index is 460. The minimum Gasteiger partial charge on any atom is -0.266 e. The molecule has 0 spiro atoms. The zero-order valence-corrected chi connectivity index (χ0v) is 12.0. The van der Waals surface area contributed by atoms with Gasteiger partial charge in [0.2, 0.25) is 0 Å². The summed E-state index contributed by atoms with van der Waals surface area (Å²) < 4.78 is 4.00. The molecule has 0 aliphatic rings. The molecule has 78 valence electrons. The van der Waals surface area contributed by atoms with E-state index in [0.717, 1.165) is 14.7 Å². The summed E-state index contributed by atoms with van der Waals surface area (Å²) in [5.74, 6) is 0. The lowest BCUT2D eigenvalue weighted by Crippen LogP contribution is -2.00. The SMILES string of the molecule is Cc1cccc(Cn2cc(Br)c(I)n2)c1. The van der Waals surface area contributed by atoms with Crippen molar-refractivity contribution in [2.45, 2.75) is 13.5 Å². The Morgan fingerprint density at radius 2 is 2.27 bits per heavy atom. The van der Waals surface area contributed by atoms with Crippen LogP contribution in [0.5, 0.6) is 0 Å². The van der Waals surface area contributed by atoms with Crippen molar-refractivity contribution in [1.82, 2.24) is 9.78 Å². The molecule has 1 aromatic heterocycles. The second-order valence-electron chi connectivity index (χ2n) is 3.45. The van der Waals surface area contributed by atoms with Crippen LogP contribution in [0.1, 0.15) is 11.1 Å². The molecule has 0 radical (unpaired) electrons. The number of hydrogen-bond donors (Lipinski definition) is 0. The lowest BCUT2D eigenvalue weighted by atomic mass is 10.1. The molecule has 2 aromatic rings. The molecule has 0 unspecified atom stereocenters. The van der Waals surface area contributed by atoms with Crippen LogP contribution < -0.4 is 0 Å². The van der Waals surface area contributed by atoms with Crippen LogP contribution in [0.15, 0.2) is 34.9 Å². The summed E-state index contributed by atoms with van der Waals surface area (Å²) in [5, 5.41) is 4.39. The largest absolute Gasteiger partial charge is 0.266 e. The van der Waals surface area contributed by atoms with Crippen LogP contribution in [0.2, 0.25) is 0 Å². The number of benzene rings is 1. The van der Waals surface area contributed by atoms with E-state index in [2.05, 4.69) is 74.8 Å². The van der Waals surface area contributed by atoms with Crippen LogP contribution in [-0.2, 0) is 6.54 Å². The van der Waals surface area contributed by atoms with Gasteiger partial charge in [0.15, 0.2) is 0 Å². The number of halogens is 2. The molecule has 1 heterocycles. The first-order chi connectivity index (χ1) is 7.15.